The van der Waals surface area contributed by atoms with Crippen LogP contribution in [0.4, 0.5) is 5.69 Å². The molecule has 0 spiro atoms. The number of nitrogens with zero attached hydrogens (tertiary/aromatic N) is 1. The zero-order valence-corrected chi connectivity index (χ0v) is 11.8. The molecule has 0 fully saturated rings. The number of thiophene rings is 1. The molecule has 1 heterocycles. The van der Waals surface area contributed by atoms with E-state index in [0.29, 0.717) is 0 Å². The maximum atomic E-state index is 10.8. The Kier molecular flexibility index (Phi) is 2.93. The lowest BCUT2D eigenvalue weighted by atomic mass is 10.2. The van der Waals surface area contributed by atoms with E-state index in [9.17, 15) is 10.1 Å². The second-order valence-corrected chi connectivity index (χ2v) is 6.54. The molecule has 0 N–H and O–H groups in total. The van der Waals surface area contributed by atoms with Crippen LogP contribution in [0.5, 0.6) is 0 Å². The molecule has 0 atom stereocenters. The van der Waals surface area contributed by atoms with Crippen LogP contribution < -0.4 is 0 Å². The molecule has 2 rings (SSSR count). The molecule has 1 aromatic heterocycles. The van der Waals surface area contributed by atoms with Crippen molar-refractivity contribution in [1.29, 1.82) is 0 Å². The van der Waals surface area contributed by atoms with E-state index >= 15 is 0 Å². The van der Waals surface area contributed by atoms with Crippen LogP contribution in [0.3, 0.4) is 0 Å². The van der Waals surface area contributed by atoms with Crippen LogP contribution in [0.15, 0.2) is 18.2 Å². The van der Waals surface area contributed by atoms with Crippen molar-refractivity contribution in [3.05, 3.63) is 34.8 Å². The SMILES string of the molecule is O=[N+]([O-])c1cccc2sc(I)c(I)c12. The van der Waals surface area contributed by atoms with Crippen molar-refractivity contribution in [2.24, 2.45) is 0 Å². The molecule has 0 radical (unpaired) electrons. The first-order valence-electron chi connectivity index (χ1n) is 3.62. The molecule has 6 heteroatoms. The third kappa shape index (κ3) is 1.63. The smallest absolute Gasteiger partial charge is 0.258 e. The Labute approximate surface area is 111 Å². The summed E-state index contributed by atoms with van der Waals surface area (Å²) in [5.74, 6) is 0. The molecule has 72 valence electrons. The number of nitro groups is 1. The zero-order valence-electron chi connectivity index (χ0n) is 6.66. The lowest BCUT2D eigenvalue weighted by Crippen LogP contribution is -1.88. The highest BCUT2D eigenvalue weighted by Crippen LogP contribution is 2.38. The first-order valence-corrected chi connectivity index (χ1v) is 6.59. The highest BCUT2D eigenvalue weighted by molar-refractivity contribution is 14.1. The van der Waals surface area contributed by atoms with Crippen molar-refractivity contribution in [3.8, 4) is 0 Å². The average molecular weight is 431 g/mol. The van der Waals surface area contributed by atoms with Gasteiger partial charge in [-0.25, -0.2) is 0 Å². The maximum absolute atomic E-state index is 10.8. The van der Waals surface area contributed by atoms with Crippen LogP contribution in [0.1, 0.15) is 0 Å². The van der Waals surface area contributed by atoms with Crippen molar-refractivity contribution in [2.75, 3.05) is 0 Å². The second-order valence-electron chi connectivity index (χ2n) is 2.60. The quantitative estimate of drug-likeness (QED) is 0.389. The predicted octanol–water partition coefficient (Wildman–Crippen LogP) is 4.02. The van der Waals surface area contributed by atoms with Gasteiger partial charge < -0.3 is 0 Å². The van der Waals surface area contributed by atoms with Crippen LogP contribution in [0.25, 0.3) is 10.1 Å². The molecular weight excluding hydrogens is 428 g/mol. The fraction of sp³-hybridized carbons (Fsp3) is 0. The molecule has 0 saturated heterocycles. The van der Waals surface area contributed by atoms with E-state index in [1.165, 1.54) is 0 Å². The van der Waals surface area contributed by atoms with E-state index in [2.05, 4.69) is 45.2 Å². The summed E-state index contributed by atoms with van der Waals surface area (Å²) in [6.45, 7) is 0. The number of rotatable bonds is 1. The van der Waals surface area contributed by atoms with E-state index in [-0.39, 0.29) is 10.6 Å². The lowest BCUT2D eigenvalue weighted by molar-refractivity contribution is -0.383. The van der Waals surface area contributed by atoms with E-state index in [1.54, 1.807) is 23.5 Å². The van der Waals surface area contributed by atoms with Crippen LogP contribution >= 0.6 is 56.5 Å². The molecule has 0 aliphatic carbocycles. The Morgan fingerprint density at radius 1 is 1.36 bits per heavy atom. The number of halogens is 2. The summed E-state index contributed by atoms with van der Waals surface area (Å²) in [5.41, 5.74) is 0.200. The normalized spacial score (nSPS) is 10.7. The Morgan fingerprint density at radius 3 is 2.71 bits per heavy atom. The summed E-state index contributed by atoms with van der Waals surface area (Å²) in [6.07, 6.45) is 0. The third-order valence-electron chi connectivity index (χ3n) is 1.79. The van der Waals surface area contributed by atoms with Crippen molar-refractivity contribution in [3.63, 3.8) is 0 Å². The molecule has 1 aromatic carbocycles. The number of hydrogen-bond acceptors (Lipinski definition) is 3. The molecule has 2 aromatic rings. The van der Waals surface area contributed by atoms with Crippen LogP contribution in [-0.2, 0) is 0 Å². The summed E-state index contributed by atoms with van der Waals surface area (Å²) in [5, 5.41) is 11.6. The number of fused-ring (bicyclic) bond motifs is 1. The van der Waals surface area contributed by atoms with Crippen molar-refractivity contribution in [2.45, 2.75) is 0 Å². The van der Waals surface area contributed by atoms with Gasteiger partial charge in [-0.1, -0.05) is 6.07 Å². The highest BCUT2D eigenvalue weighted by atomic mass is 127. The minimum Gasteiger partial charge on any atom is -0.258 e. The van der Waals surface area contributed by atoms with Gasteiger partial charge in [0.25, 0.3) is 5.69 Å². The molecule has 14 heavy (non-hydrogen) atoms. The monoisotopic (exact) mass is 431 g/mol. The molecular formula is C8H3I2NO2S. The van der Waals surface area contributed by atoms with E-state index < -0.39 is 0 Å². The summed E-state index contributed by atoms with van der Waals surface area (Å²) >= 11 is 5.95. The molecule has 0 saturated carbocycles. The largest absolute Gasteiger partial charge is 0.279 e. The molecule has 3 nitrogen and oxygen atoms in total. The highest BCUT2D eigenvalue weighted by Gasteiger charge is 2.17. The van der Waals surface area contributed by atoms with Crippen molar-refractivity contribution in [1.82, 2.24) is 0 Å². The van der Waals surface area contributed by atoms with Crippen molar-refractivity contribution >= 4 is 72.3 Å². The zero-order chi connectivity index (χ0) is 10.3. The number of hydrogen-bond donors (Lipinski definition) is 0. The van der Waals surface area contributed by atoms with Crippen LogP contribution in [0, 0.1) is 16.6 Å². The van der Waals surface area contributed by atoms with Crippen LogP contribution in [0.2, 0.25) is 0 Å². The topological polar surface area (TPSA) is 43.1 Å². The van der Waals surface area contributed by atoms with Gasteiger partial charge in [-0.3, -0.25) is 10.1 Å². The van der Waals surface area contributed by atoms with Gasteiger partial charge in [0.1, 0.15) is 0 Å². The molecule has 0 aliphatic rings. The Balaban J connectivity index is 2.91. The molecule has 0 aliphatic heterocycles. The Hall–Kier alpha value is 0.0400. The molecule has 0 bridgehead atoms. The first kappa shape index (κ1) is 10.6. The average Bonchev–Trinajstić information content (AvgIpc) is 2.43. The Bertz CT molecular complexity index is 523. The van der Waals surface area contributed by atoms with E-state index in [1.807, 2.05) is 6.07 Å². The van der Waals surface area contributed by atoms with E-state index in [0.717, 1.165) is 16.5 Å². The third-order valence-corrected chi connectivity index (χ3v) is 6.41. The maximum Gasteiger partial charge on any atom is 0.279 e. The summed E-state index contributed by atoms with van der Waals surface area (Å²) in [6, 6.07) is 5.19. The number of nitro benzene ring substituents is 1. The molecule has 0 unspecified atom stereocenters. The number of benzene rings is 1. The van der Waals surface area contributed by atoms with Gasteiger partial charge in [-0.2, -0.15) is 0 Å². The minimum absolute atomic E-state index is 0.200. The number of non-ortho nitro benzene ring substituents is 1. The van der Waals surface area contributed by atoms with Gasteiger partial charge in [0.15, 0.2) is 0 Å². The lowest BCUT2D eigenvalue weighted by Gasteiger charge is -1.93. The van der Waals surface area contributed by atoms with Gasteiger partial charge in [-0.15, -0.1) is 11.3 Å². The van der Waals surface area contributed by atoms with Crippen molar-refractivity contribution < 1.29 is 4.92 Å². The summed E-state index contributed by atoms with van der Waals surface area (Å²) in [7, 11) is 0. The summed E-state index contributed by atoms with van der Waals surface area (Å²) < 4.78 is 3.07. The van der Waals surface area contributed by atoms with Gasteiger partial charge in [0, 0.05) is 10.8 Å². The standard InChI is InChI=1S/C8H3I2NO2S/c9-7-6-4(11(12)13)2-1-3-5(6)14-8(7)10/h1-3H. The fourth-order valence-corrected chi connectivity index (χ4v) is 4.12. The minimum atomic E-state index is -0.326. The second kappa shape index (κ2) is 3.89. The molecule has 0 amide bonds. The predicted molar refractivity (Wildman–Crippen MR) is 73.9 cm³/mol. The first-order chi connectivity index (χ1) is 6.61. The van der Waals surface area contributed by atoms with Gasteiger partial charge in [-0.05, 0) is 51.2 Å². The van der Waals surface area contributed by atoms with Gasteiger partial charge >= 0.3 is 0 Å². The fourth-order valence-electron chi connectivity index (χ4n) is 1.22. The van der Waals surface area contributed by atoms with E-state index in [4.69, 9.17) is 0 Å². The van der Waals surface area contributed by atoms with Crippen LogP contribution in [-0.4, -0.2) is 4.92 Å². The Morgan fingerprint density at radius 2 is 2.07 bits per heavy atom. The van der Waals surface area contributed by atoms with Gasteiger partial charge in [0.2, 0.25) is 0 Å². The van der Waals surface area contributed by atoms with Gasteiger partial charge in [0.05, 0.1) is 16.8 Å². The summed E-state index contributed by atoms with van der Waals surface area (Å²) in [4.78, 5) is 10.5.